The maximum Gasteiger partial charge on any atom is 0.312 e. The predicted molar refractivity (Wildman–Crippen MR) is 73.8 cm³/mol. The Hall–Kier alpha value is -2.96. The van der Waals surface area contributed by atoms with Crippen LogP contribution in [0.4, 0.5) is 10.1 Å². The first kappa shape index (κ1) is 13.0. The molecule has 3 aromatic rings. The van der Waals surface area contributed by atoms with Crippen LogP contribution in [0.3, 0.4) is 0 Å². The van der Waals surface area contributed by atoms with E-state index in [1.807, 2.05) is 0 Å². The number of nitro groups is 1. The van der Waals surface area contributed by atoms with E-state index >= 15 is 0 Å². The zero-order valence-corrected chi connectivity index (χ0v) is 11.0. The van der Waals surface area contributed by atoms with Crippen molar-refractivity contribution in [2.75, 3.05) is 0 Å². The van der Waals surface area contributed by atoms with E-state index in [1.54, 1.807) is 24.0 Å². The maximum absolute atomic E-state index is 12.9. The van der Waals surface area contributed by atoms with Gasteiger partial charge in [-0.15, -0.1) is 0 Å². The molecule has 7 heteroatoms. The van der Waals surface area contributed by atoms with E-state index in [0.717, 1.165) is 0 Å². The van der Waals surface area contributed by atoms with Gasteiger partial charge in [0.2, 0.25) is 5.75 Å². The lowest BCUT2D eigenvalue weighted by atomic mass is 10.2. The molecule has 0 radical (unpaired) electrons. The van der Waals surface area contributed by atoms with E-state index in [1.165, 1.54) is 30.3 Å². The molecule has 0 saturated carbocycles. The lowest BCUT2D eigenvalue weighted by molar-refractivity contribution is -0.385. The normalized spacial score (nSPS) is 10.8. The Balaban J connectivity index is 2.10. The van der Waals surface area contributed by atoms with Gasteiger partial charge in [-0.3, -0.25) is 14.8 Å². The summed E-state index contributed by atoms with van der Waals surface area (Å²) >= 11 is 0. The highest BCUT2D eigenvalue weighted by atomic mass is 19.1. The van der Waals surface area contributed by atoms with Crippen LogP contribution >= 0.6 is 0 Å². The van der Waals surface area contributed by atoms with Crippen molar-refractivity contribution < 1.29 is 14.1 Å². The Morgan fingerprint density at radius 3 is 2.67 bits per heavy atom. The topological polar surface area (TPSA) is 70.2 Å². The molecule has 0 fully saturated rings. The summed E-state index contributed by atoms with van der Waals surface area (Å²) in [6.07, 6.45) is 1.55. The molecule has 0 saturated heterocycles. The van der Waals surface area contributed by atoms with Crippen molar-refractivity contribution >= 4 is 16.6 Å². The molecular formula is C14H10FN3O3. The lowest BCUT2D eigenvalue weighted by Gasteiger charge is -2.07. The summed E-state index contributed by atoms with van der Waals surface area (Å²) in [6, 6.07) is 8.22. The van der Waals surface area contributed by atoms with Gasteiger partial charge < -0.3 is 4.74 Å². The van der Waals surface area contributed by atoms with E-state index in [2.05, 4.69) is 5.10 Å². The first-order chi connectivity index (χ1) is 10.0. The number of aromatic nitrogens is 2. The number of benzene rings is 2. The van der Waals surface area contributed by atoms with Gasteiger partial charge in [0.1, 0.15) is 11.6 Å². The van der Waals surface area contributed by atoms with Crippen LogP contribution in [0.25, 0.3) is 10.9 Å². The molecule has 0 amide bonds. The fraction of sp³-hybridized carbons (Fsp3) is 0.0714. The molecule has 0 aliphatic carbocycles. The molecule has 106 valence electrons. The minimum Gasteiger partial charge on any atom is -0.450 e. The molecule has 1 heterocycles. The molecule has 0 atom stereocenters. The van der Waals surface area contributed by atoms with Gasteiger partial charge in [0.05, 0.1) is 16.6 Å². The van der Waals surface area contributed by atoms with Crippen molar-refractivity contribution in [3.05, 3.63) is 58.5 Å². The molecule has 1 aromatic heterocycles. The first-order valence-corrected chi connectivity index (χ1v) is 6.08. The van der Waals surface area contributed by atoms with Gasteiger partial charge >= 0.3 is 5.69 Å². The van der Waals surface area contributed by atoms with Crippen molar-refractivity contribution in [3.63, 3.8) is 0 Å². The molecule has 21 heavy (non-hydrogen) atoms. The summed E-state index contributed by atoms with van der Waals surface area (Å²) < 4.78 is 20.0. The van der Waals surface area contributed by atoms with Crippen molar-refractivity contribution in [3.8, 4) is 11.5 Å². The fourth-order valence-corrected chi connectivity index (χ4v) is 2.02. The third-order valence-electron chi connectivity index (χ3n) is 3.07. The average Bonchev–Trinajstić information content (AvgIpc) is 2.81. The smallest absolute Gasteiger partial charge is 0.312 e. The zero-order chi connectivity index (χ0) is 15.0. The van der Waals surface area contributed by atoms with Crippen molar-refractivity contribution in [2.24, 2.45) is 7.05 Å². The Bertz CT molecular complexity index is 827. The van der Waals surface area contributed by atoms with Gasteiger partial charge in [-0.05, 0) is 24.3 Å². The summed E-state index contributed by atoms with van der Waals surface area (Å²) in [6.45, 7) is 0. The molecule has 0 unspecified atom stereocenters. The fourth-order valence-electron chi connectivity index (χ4n) is 2.02. The zero-order valence-electron chi connectivity index (χ0n) is 11.0. The van der Waals surface area contributed by atoms with Crippen LogP contribution in [0.15, 0.2) is 42.6 Å². The summed E-state index contributed by atoms with van der Waals surface area (Å²) in [5, 5.41) is 15.8. The Morgan fingerprint density at radius 2 is 2.00 bits per heavy atom. The molecular weight excluding hydrogens is 277 g/mol. The van der Waals surface area contributed by atoms with Gasteiger partial charge in [-0.2, -0.15) is 5.10 Å². The monoisotopic (exact) mass is 287 g/mol. The van der Waals surface area contributed by atoms with Gasteiger partial charge in [0.25, 0.3) is 0 Å². The number of nitro benzene ring substituents is 1. The molecule has 0 bridgehead atoms. The molecule has 2 aromatic carbocycles. The molecule has 0 aliphatic heterocycles. The highest BCUT2D eigenvalue weighted by Gasteiger charge is 2.19. The van der Waals surface area contributed by atoms with Crippen LogP contribution in [0, 0.1) is 15.9 Å². The van der Waals surface area contributed by atoms with Crippen LogP contribution in [-0.2, 0) is 7.05 Å². The summed E-state index contributed by atoms with van der Waals surface area (Å²) in [4.78, 5) is 10.6. The minimum atomic E-state index is -0.523. The molecule has 0 aliphatic rings. The van der Waals surface area contributed by atoms with Gasteiger partial charge in [0, 0.05) is 24.6 Å². The van der Waals surface area contributed by atoms with E-state index in [0.29, 0.717) is 16.7 Å². The Morgan fingerprint density at radius 1 is 1.29 bits per heavy atom. The number of nitrogens with zero attached hydrogens (tertiary/aromatic N) is 3. The Labute approximate surface area is 118 Å². The standard InChI is InChI=1S/C14H10FN3O3/c1-17-12-7-14(21-11-4-2-10(15)3-5-11)13(18(19)20)6-9(12)8-16-17/h2-8H,1H3. The van der Waals surface area contributed by atoms with Crippen molar-refractivity contribution in [2.45, 2.75) is 0 Å². The first-order valence-electron chi connectivity index (χ1n) is 6.08. The summed E-state index contributed by atoms with van der Waals surface area (Å²) in [5.74, 6) is 0.00247. The number of hydrogen-bond acceptors (Lipinski definition) is 4. The number of rotatable bonds is 3. The van der Waals surface area contributed by atoms with E-state index in [9.17, 15) is 14.5 Å². The van der Waals surface area contributed by atoms with Crippen molar-refractivity contribution in [1.82, 2.24) is 9.78 Å². The average molecular weight is 287 g/mol. The second kappa shape index (κ2) is 4.86. The molecule has 0 N–H and O–H groups in total. The van der Waals surface area contributed by atoms with Crippen molar-refractivity contribution in [1.29, 1.82) is 0 Å². The number of ether oxygens (including phenoxy) is 1. The third kappa shape index (κ3) is 2.40. The van der Waals surface area contributed by atoms with E-state index in [4.69, 9.17) is 4.74 Å². The maximum atomic E-state index is 12.9. The highest BCUT2D eigenvalue weighted by Crippen LogP contribution is 2.35. The van der Waals surface area contributed by atoms with Crippen LogP contribution in [0.5, 0.6) is 11.5 Å². The number of aryl methyl sites for hydroxylation is 1. The largest absolute Gasteiger partial charge is 0.450 e. The highest BCUT2D eigenvalue weighted by molar-refractivity contribution is 5.84. The van der Waals surface area contributed by atoms with Crippen LogP contribution < -0.4 is 4.74 Å². The number of halogens is 1. The van der Waals surface area contributed by atoms with E-state index < -0.39 is 10.7 Å². The minimum absolute atomic E-state index is 0.0858. The van der Waals surface area contributed by atoms with Crippen LogP contribution in [0.1, 0.15) is 0 Å². The van der Waals surface area contributed by atoms with Crippen LogP contribution in [-0.4, -0.2) is 14.7 Å². The second-order valence-corrected chi connectivity index (χ2v) is 4.46. The van der Waals surface area contributed by atoms with Crippen LogP contribution in [0.2, 0.25) is 0 Å². The SMILES string of the molecule is Cn1ncc2cc([N+](=O)[O-])c(Oc3ccc(F)cc3)cc21. The third-order valence-corrected chi connectivity index (χ3v) is 3.07. The van der Waals surface area contributed by atoms with E-state index in [-0.39, 0.29) is 11.4 Å². The summed E-state index contributed by atoms with van der Waals surface area (Å²) in [7, 11) is 1.73. The lowest BCUT2D eigenvalue weighted by Crippen LogP contribution is -1.95. The summed E-state index contributed by atoms with van der Waals surface area (Å²) in [5.41, 5.74) is 0.539. The molecule has 3 rings (SSSR count). The quantitative estimate of drug-likeness (QED) is 0.546. The molecule has 6 nitrogen and oxygen atoms in total. The van der Waals surface area contributed by atoms with Gasteiger partial charge in [-0.1, -0.05) is 0 Å². The Kier molecular flexibility index (Phi) is 3.02. The van der Waals surface area contributed by atoms with Gasteiger partial charge in [-0.25, -0.2) is 4.39 Å². The second-order valence-electron chi connectivity index (χ2n) is 4.46. The predicted octanol–water partition coefficient (Wildman–Crippen LogP) is 3.41. The number of fused-ring (bicyclic) bond motifs is 1. The van der Waals surface area contributed by atoms with Gasteiger partial charge in [0.15, 0.2) is 0 Å². The number of hydrogen-bond donors (Lipinski definition) is 0. The molecule has 0 spiro atoms.